The largest absolute Gasteiger partial charge is 0.319 e. The third kappa shape index (κ3) is 4.42. The second kappa shape index (κ2) is 7.90. The van der Waals surface area contributed by atoms with Gasteiger partial charge in [0.2, 0.25) is 0 Å². The number of para-hydroxylation sites is 2. The minimum Gasteiger partial charge on any atom is -0.319 e. The standard InChI is InChI=1S/C19H17BrN4O/c1-14-22-17-9-5-6-10-18(17)24(14)13-19(25)23-21-12-16(20)11-15-7-3-2-4-8-15/h2-12H,13H2,1H3,(H,23,25). The average molecular weight is 397 g/mol. The number of hydrazone groups is 1. The minimum absolute atomic E-state index is 0.170. The van der Waals surface area contributed by atoms with Gasteiger partial charge in [-0.25, -0.2) is 10.4 Å². The Labute approximate surface area is 154 Å². The summed E-state index contributed by atoms with van der Waals surface area (Å²) in [6.07, 6.45) is 3.48. The van der Waals surface area contributed by atoms with Gasteiger partial charge in [-0.1, -0.05) is 42.5 Å². The lowest BCUT2D eigenvalue weighted by atomic mass is 10.2. The second-order valence-electron chi connectivity index (χ2n) is 5.47. The smallest absolute Gasteiger partial charge is 0.260 e. The molecular formula is C19H17BrN4O. The van der Waals surface area contributed by atoms with Gasteiger partial charge in [0, 0.05) is 4.48 Å². The number of hydrogen-bond donors (Lipinski definition) is 1. The third-order valence-electron chi connectivity index (χ3n) is 3.63. The molecule has 0 unspecified atom stereocenters. The Morgan fingerprint density at radius 2 is 1.92 bits per heavy atom. The van der Waals surface area contributed by atoms with Crippen molar-refractivity contribution in [1.29, 1.82) is 0 Å². The van der Waals surface area contributed by atoms with Crippen LogP contribution in [0.15, 0.2) is 64.2 Å². The normalized spacial score (nSPS) is 12.0. The van der Waals surface area contributed by atoms with Gasteiger partial charge >= 0.3 is 0 Å². The van der Waals surface area contributed by atoms with Crippen LogP contribution in [0.3, 0.4) is 0 Å². The molecule has 1 N–H and O–H groups in total. The molecular weight excluding hydrogens is 380 g/mol. The number of fused-ring (bicyclic) bond motifs is 1. The summed E-state index contributed by atoms with van der Waals surface area (Å²) in [7, 11) is 0. The van der Waals surface area contributed by atoms with Gasteiger partial charge in [0.05, 0.1) is 17.2 Å². The van der Waals surface area contributed by atoms with Gasteiger partial charge in [0.25, 0.3) is 5.91 Å². The highest BCUT2D eigenvalue weighted by molar-refractivity contribution is 9.12. The summed E-state index contributed by atoms with van der Waals surface area (Å²) in [5, 5.41) is 3.98. The van der Waals surface area contributed by atoms with Crippen molar-refractivity contribution in [2.45, 2.75) is 13.5 Å². The number of halogens is 1. The molecule has 0 fully saturated rings. The number of carbonyl (C=O) groups is 1. The summed E-state index contributed by atoms with van der Waals surface area (Å²) in [5.41, 5.74) is 5.40. The van der Waals surface area contributed by atoms with Gasteiger partial charge in [-0.05, 0) is 46.6 Å². The monoisotopic (exact) mass is 396 g/mol. The van der Waals surface area contributed by atoms with E-state index in [0.717, 1.165) is 26.9 Å². The first-order valence-electron chi connectivity index (χ1n) is 7.79. The van der Waals surface area contributed by atoms with E-state index in [1.807, 2.05) is 72.2 Å². The van der Waals surface area contributed by atoms with E-state index in [1.54, 1.807) is 6.21 Å². The molecule has 0 atom stereocenters. The Kier molecular flexibility index (Phi) is 5.40. The fourth-order valence-electron chi connectivity index (χ4n) is 2.49. The van der Waals surface area contributed by atoms with Gasteiger partial charge in [-0.2, -0.15) is 5.10 Å². The molecule has 0 spiro atoms. The number of benzene rings is 2. The van der Waals surface area contributed by atoms with Gasteiger partial charge in [-0.3, -0.25) is 4.79 Å². The summed E-state index contributed by atoms with van der Waals surface area (Å²) in [6.45, 7) is 2.05. The van der Waals surface area contributed by atoms with Crippen LogP contribution < -0.4 is 5.43 Å². The quantitative estimate of drug-likeness (QED) is 0.525. The van der Waals surface area contributed by atoms with Crippen LogP contribution in [0.5, 0.6) is 0 Å². The van der Waals surface area contributed by atoms with Gasteiger partial charge in [0.15, 0.2) is 0 Å². The number of hydrogen-bond acceptors (Lipinski definition) is 3. The molecule has 25 heavy (non-hydrogen) atoms. The zero-order valence-corrected chi connectivity index (χ0v) is 15.3. The first-order chi connectivity index (χ1) is 12.1. The first kappa shape index (κ1) is 17.1. The summed E-state index contributed by atoms with van der Waals surface area (Å²) in [4.78, 5) is 16.6. The third-order valence-corrected chi connectivity index (χ3v) is 4.06. The number of amides is 1. The van der Waals surface area contributed by atoms with Crippen molar-refractivity contribution in [3.63, 3.8) is 0 Å². The fourth-order valence-corrected chi connectivity index (χ4v) is 2.85. The van der Waals surface area contributed by atoms with Gasteiger partial charge < -0.3 is 4.57 Å². The van der Waals surface area contributed by atoms with Crippen molar-refractivity contribution < 1.29 is 4.79 Å². The lowest BCUT2D eigenvalue weighted by Crippen LogP contribution is -2.23. The van der Waals surface area contributed by atoms with E-state index < -0.39 is 0 Å². The van der Waals surface area contributed by atoms with Crippen molar-refractivity contribution in [3.05, 3.63) is 70.5 Å². The number of rotatable bonds is 5. The van der Waals surface area contributed by atoms with Gasteiger partial charge in [-0.15, -0.1) is 0 Å². The number of aryl methyl sites for hydroxylation is 1. The highest BCUT2D eigenvalue weighted by Crippen LogP contribution is 2.15. The predicted octanol–water partition coefficient (Wildman–Crippen LogP) is 3.88. The van der Waals surface area contributed by atoms with Crippen LogP contribution in [0.1, 0.15) is 11.4 Å². The molecule has 0 saturated heterocycles. The molecule has 5 nitrogen and oxygen atoms in total. The summed E-state index contributed by atoms with van der Waals surface area (Å²) in [5.74, 6) is 0.591. The molecule has 0 bridgehead atoms. The zero-order chi connectivity index (χ0) is 17.6. The summed E-state index contributed by atoms with van der Waals surface area (Å²) >= 11 is 3.41. The molecule has 0 saturated carbocycles. The average Bonchev–Trinajstić information content (AvgIpc) is 2.91. The number of imidazole rings is 1. The SMILES string of the molecule is Cc1nc2ccccc2n1CC(=O)NN=CC(Br)=Cc1ccccc1. The minimum atomic E-state index is -0.206. The van der Waals surface area contributed by atoms with E-state index in [0.29, 0.717) is 0 Å². The maximum atomic E-state index is 12.1. The first-order valence-corrected chi connectivity index (χ1v) is 8.59. The Morgan fingerprint density at radius 1 is 1.20 bits per heavy atom. The highest BCUT2D eigenvalue weighted by atomic mass is 79.9. The molecule has 0 radical (unpaired) electrons. The maximum absolute atomic E-state index is 12.1. The van der Waals surface area contributed by atoms with E-state index in [1.165, 1.54) is 0 Å². The van der Waals surface area contributed by atoms with E-state index in [2.05, 4.69) is 31.4 Å². The molecule has 1 heterocycles. The van der Waals surface area contributed by atoms with Crippen molar-refractivity contribution in [2.24, 2.45) is 5.10 Å². The number of nitrogens with zero attached hydrogens (tertiary/aromatic N) is 3. The van der Waals surface area contributed by atoms with Crippen LogP contribution in [0.4, 0.5) is 0 Å². The molecule has 0 aliphatic carbocycles. The van der Waals surface area contributed by atoms with E-state index in [9.17, 15) is 4.79 Å². The Balaban J connectivity index is 1.63. The lowest BCUT2D eigenvalue weighted by Gasteiger charge is -2.05. The number of aromatic nitrogens is 2. The molecule has 3 rings (SSSR count). The van der Waals surface area contributed by atoms with Crippen LogP contribution >= 0.6 is 15.9 Å². The Morgan fingerprint density at radius 3 is 2.72 bits per heavy atom. The summed E-state index contributed by atoms with van der Waals surface area (Å²) in [6, 6.07) is 17.6. The lowest BCUT2D eigenvalue weighted by molar-refractivity contribution is -0.121. The van der Waals surface area contributed by atoms with Crippen LogP contribution in [-0.2, 0) is 11.3 Å². The summed E-state index contributed by atoms with van der Waals surface area (Å²) < 4.78 is 2.64. The van der Waals surface area contributed by atoms with E-state index >= 15 is 0 Å². The Bertz CT molecular complexity index is 944. The molecule has 0 aliphatic rings. The van der Waals surface area contributed by atoms with Crippen LogP contribution in [0.25, 0.3) is 17.1 Å². The van der Waals surface area contributed by atoms with Gasteiger partial charge in [0.1, 0.15) is 12.4 Å². The van der Waals surface area contributed by atoms with Crippen molar-refractivity contribution in [2.75, 3.05) is 0 Å². The molecule has 0 aliphatic heterocycles. The molecule has 1 aromatic heterocycles. The van der Waals surface area contributed by atoms with Crippen LogP contribution in [0.2, 0.25) is 0 Å². The highest BCUT2D eigenvalue weighted by Gasteiger charge is 2.09. The fraction of sp³-hybridized carbons (Fsp3) is 0.105. The number of carbonyl (C=O) groups excluding carboxylic acids is 1. The maximum Gasteiger partial charge on any atom is 0.260 e. The topological polar surface area (TPSA) is 59.3 Å². The molecule has 126 valence electrons. The Hall–Kier alpha value is -2.73. The van der Waals surface area contributed by atoms with E-state index in [4.69, 9.17) is 0 Å². The van der Waals surface area contributed by atoms with Crippen LogP contribution in [0, 0.1) is 6.92 Å². The van der Waals surface area contributed by atoms with Crippen LogP contribution in [-0.4, -0.2) is 21.7 Å². The molecule has 1 amide bonds. The van der Waals surface area contributed by atoms with E-state index in [-0.39, 0.29) is 12.5 Å². The number of nitrogens with one attached hydrogen (secondary N) is 1. The van der Waals surface area contributed by atoms with Crippen molar-refractivity contribution >= 4 is 45.2 Å². The number of allylic oxidation sites excluding steroid dienone is 1. The second-order valence-corrected chi connectivity index (χ2v) is 6.38. The molecule has 6 heteroatoms. The van der Waals surface area contributed by atoms with Crippen molar-refractivity contribution in [3.8, 4) is 0 Å². The zero-order valence-electron chi connectivity index (χ0n) is 13.7. The molecule has 2 aromatic carbocycles. The predicted molar refractivity (Wildman–Crippen MR) is 104 cm³/mol. The van der Waals surface area contributed by atoms with Crippen molar-refractivity contribution in [1.82, 2.24) is 15.0 Å². The molecule has 3 aromatic rings.